The number of pyridine rings is 1. The number of fused-ring (bicyclic) bond motifs is 1. The number of benzene rings is 1. The molecule has 3 aromatic rings. The molecule has 0 aliphatic heterocycles. The molecule has 1 aromatic carbocycles. The lowest BCUT2D eigenvalue weighted by molar-refractivity contribution is 0.105. The molecule has 2 nitrogen and oxygen atoms in total. The van der Waals surface area contributed by atoms with Crippen LogP contribution in [0.2, 0.25) is 0 Å². The summed E-state index contributed by atoms with van der Waals surface area (Å²) in [6, 6.07) is 15.6. The lowest BCUT2D eigenvalue weighted by atomic mass is 10.2. The van der Waals surface area contributed by atoms with Crippen LogP contribution < -0.4 is 0 Å². The fraction of sp³-hybridized carbons (Fsp3) is 0. The van der Waals surface area contributed by atoms with Crippen LogP contribution in [0.25, 0.3) is 17.0 Å². The molecule has 0 bridgehead atoms. The number of hydrogen-bond acceptors (Lipinski definition) is 3. The van der Waals surface area contributed by atoms with Crippen molar-refractivity contribution in [3.8, 4) is 0 Å². The summed E-state index contributed by atoms with van der Waals surface area (Å²) in [4.78, 5) is 17.1. The van der Waals surface area contributed by atoms with Crippen molar-refractivity contribution in [1.82, 2.24) is 4.98 Å². The Balaban J connectivity index is 1.87. The van der Waals surface area contributed by atoms with Gasteiger partial charge in [0.2, 0.25) is 0 Å². The predicted molar refractivity (Wildman–Crippen MR) is 79.4 cm³/mol. The molecule has 0 amide bonds. The molecule has 0 N–H and O–H groups in total. The van der Waals surface area contributed by atoms with E-state index in [0.717, 1.165) is 21.5 Å². The standard InChI is InChI=1S/C16H11NOS/c18-15(16-6-3-11-19-16)10-9-13-8-7-12-4-1-2-5-14(12)17-13/h1-11H. The molecule has 0 radical (unpaired) electrons. The topological polar surface area (TPSA) is 30.0 Å². The molecule has 2 heterocycles. The van der Waals surface area contributed by atoms with E-state index in [2.05, 4.69) is 4.98 Å². The fourth-order valence-corrected chi connectivity index (χ4v) is 2.48. The highest BCUT2D eigenvalue weighted by atomic mass is 32.1. The maximum absolute atomic E-state index is 11.8. The number of hydrogen-bond donors (Lipinski definition) is 0. The molecule has 92 valence electrons. The lowest BCUT2D eigenvalue weighted by Gasteiger charge is -1.98. The Morgan fingerprint density at radius 2 is 1.95 bits per heavy atom. The quantitative estimate of drug-likeness (QED) is 0.525. The summed E-state index contributed by atoms with van der Waals surface area (Å²) >= 11 is 1.45. The van der Waals surface area contributed by atoms with Crippen molar-refractivity contribution in [2.45, 2.75) is 0 Å². The number of thiophene rings is 1. The molecule has 3 heteroatoms. The highest BCUT2D eigenvalue weighted by Gasteiger charge is 2.02. The van der Waals surface area contributed by atoms with Crippen LogP contribution >= 0.6 is 11.3 Å². The van der Waals surface area contributed by atoms with Crippen LogP contribution in [-0.4, -0.2) is 10.8 Å². The summed E-state index contributed by atoms with van der Waals surface area (Å²) < 4.78 is 0. The van der Waals surface area contributed by atoms with Gasteiger partial charge in [0, 0.05) is 5.39 Å². The summed E-state index contributed by atoms with van der Waals surface area (Å²) in [6.07, 6.45) is 3.33. The highest BCUT2D eigenvalue weighted by Crippen LogP contribution is 2.14. The van der Waals surface area contributed by atoms with E-state index >= 15 is 0 Å². The number of nitrogens with zero attached hydrogens (tertiary/aromatic N) is 1. The van der Waals surface area contributed by atoms with Crippen LogP contribution in [0.5, 0.6) is 0 Å². The smallest absolute Gasteiger partial charge is 0.195 e. The summed E-state index contributed by atoms with van der Waals surface area (Å²) in [5.41, 5.74) is 1.73. The highest BCUT2D eigenvalue weighted by molar-refractivity contribution is 7.12. The van der Waals surface area contributed by atoms with Crippen LogP contribution in [0.4, 0.5) is 0 Å². The van der Waals surface area contributed by atoms with Gasteiger partial charge < -0.3 is 0 Å². The Labute approximate surface area is 115 Å². The van der Waals surface area contributed by atoms with Gasteiger partial charge >= 0.3 is 0 Å². The van der Waals surface area contributed by atoms with Crippen molar-refractivity contribution in [1.29, 1.82) is 0 Å². The molecule has 0 saturated carbocycles. The molecule has 0 spiro atoms. The zero-order valence-electron chi connectivity index (χ0n) is 10.1. The number of rotatable bonds is 3. The summed E-state index contributed by atoms with van der Waals surface area (Å²) in [5.74, 6) is 0.0185. The second-order valence-corrected chi connectivity index (χ2v) is 5.05. The largest absolute Gasteiger partial charge is 0.288 e. The Morgan fingerprint density at radius 3 is 2.79 bits per heavy atom. The van der Waals surface area contributed by atoms with Crippen LogP contribution in [-0.2, 0) is 0 Å². The molecule has 2 aromatic heterocycles. The van der Waals surface area contributed by atoms with E-state index in [1.54, 1.807) is 12.2 Å². The normalized spacial score (nSPS) is 11.2. The van der Waals surface area contributed by atoms with E-state index in [9.17, 15) is 4.79 Å². The minimum atomic E-state index is 0.0185. The van der Waals surface area contributed by atoms with E-state index in [-0.39, 0.29) is 5.78 Å². The van der Waals surface area contributed by atoms with Gasteiger partial charge in [-0.15, -0.1) is 11.3 Å². The third kappa shape index (κ3) is 2.61. The average Bonchev–Trinajstić information content (AvgIpc) is 2.99. The van der Waals surface area contributed by atoms with Gasteiger partial charge in [0.05, 0.1) is 16.1 Å². The van der Waals surface area contributed by atoms with Crippen molar-refractivity contribution in [3.63, 3.8) is 0 Å². The Hall–Kier alpha value is -2.26. The molecule has 0 unspecified atom stereocenters. The molecule has 3 rings (SSSR count). The third-order valence-corrected chi connectivity index (χ3v) is 3.67. The molecule has 0 aliphatic rings. The van der Waals surface area contributed by atoms with Crippen molar-refractivity contribution >= 4 is 34.1 Å². The molecule has 0 saturated heterocycles. The first-order valence-corrected chi connectivity index (χ1v) is 6.82. The fourth-order valence-electron chi connectivity index (χ4n) is 1.84. The number of aromatic nitrogens is 1. The maximum Gasteiger partial charge on any atom is 0.195 e. The number of para-hydroxylation sites is 1. The Morgan fingerprint density at radius 1 is 1.05 bits per heavy atom. The molecular weight excluding hydrogens is 254 g/mol. The SMILES string of the molecule is O=C(C=Cc1ccc2ccccc2n1)c1cccs1. The second-order valence-electron chi connectivity index (χ2n) is 4.10. The minimum Gasteiger partial charge on any atom is -0.288 e. The number of carbonyl (C=O) groups is 1. The van der Waals surface area contributed by atoms with Gasteiger partial charge in [-0.25, -0.2) is 4.98 Å². The zero-order chi connectivity index (χ0) is 13.1. The zero-order valence-corrected chi connectivity index (χ0v) is 10.9. The van der Waals surface area contributed by atoms with E-state index in [1.807, 2.05) is 53.9 Å². The van der Waals surface area contributed by atoms with Crippen molar-refractivity contribution in [2.75, 3.05) is 0 Å². The van der Waals surface area contributed by atoms with Crippen LogP contribution in [0, 0.1) is 0 Å². The van der Waals surface area contributed by atoms with Gasteiger partial charge in [0.1, 0.15) is 0 Å². The van der Waals surface area contributed by atoms with Gasteiger partial charge in [0.25, 0.3) is 0 Å². The van der Waals surface area contributed by atoms with Crippen LogP contribution in [0.15, 0.2) is 60.0 Å². The van der Waals surface area contributed by atoms with Crippen molar-refractivity contribution in [3.05, 3.63) is 70.6 Å². The molecule has 0 atom stereocenters. The molecule has 0 aliphatic carbocycles. The Bertz CT molecular complexity index is 744. The first-order valence-electron chi connectivity index (χ1n) is 5.95. The molecule has 0 fully saturated rings. The summed E-state index contributed by atoms with van der Waals surface area (Å²) in [6.45, 7) is 0. The van der Waals surface area contributed by atoms with E-state index in [1.165, 1.54) is 11.3 Å². The van der Waals surface area contributed by atoms with E-state index in [4.69, 9.17) is 0 Å². The maximum atomic E-state index is 11.8. The van der Waals surface area contributed by atoms with Crippen molar-refractivity contribution in [2.24, 2.45) is 0 Å². The van der Waals surface area contributed by atoms with Gasteiger partial charge in [0.15, 0.2) is 5.78 Å². The first-order chi connectivity index (χ1) is 9.33. The number of carbonyl (C=O) groups excluding carboxylic acids is 1. The van der Waals surface area contributed by atoms with Crippen LogP contribution in [0.1, 0.15) is 15.4 Å². The predicted octanol–water partition coefficient (Wildman–Crippen LogP) is 4.19. The number of ketones is 1. The summed E-state index contributed by atoms with van der Waals surface area (Å²) in [5, 5.41) is 3.00. The minimum absolute atomic E-state index is 0.0185. The van der Waals surface area contributed by atoms with Crippen LogP contribution in [0.3, 0.4) is 0 Å². The molecule has 19 heavy (non-hydrogen) atoms. The van der Waals surface area contributed by atoms with E-state index in [0.29, 0.717) is 0 Å². The van der Waals surface area contributed by atoms with Gasteiger partial charge in [-0.1, -0.05) is 30.3 Å². The van der Waals surface area contributed by atoms with Gasteiger partial charge in [-0.3, -0.25) is 4.79 Å². The molecular formula is C16H11NOS. The summed E-state index contributed by atoms with van der Waals surface area (Å²) in [7, 11) is 0. The van der Waals surface area contributed by atoms with Crippen molar-refractivity contribution < 1.29 is 4.79 Å². The monoisotopic (exact) mass is 265 g/mol. The first kappa shape index (κ1) is 11.8. The van der Waals surface area contributed by atoms with E-state index < -0.39 is 0 Å². The Kier molecular flexibility index (Phi) is 3.21. The average molecular weight is 265 g/mol. The van der Waals surface area contributed by atoms with Gasteiger partial charge in [-0.05, 0) is 35.7 Å². The number of allylic oxidation sites excluding steroid dienone is 1. The van der Waals surface area contributed by atoms with Gasteiger partial charge in [-0.2, -0.15) is 0 Å². The lowest BCUT2D eigenvalue weighted by Crippen LogP contribution is -1.89. The second kappa shape index (κ2) is 5.16. The third-order valence-electron chi connectivity index (χ3n) is 2.79.